The quantitative estimate of drug-likeness (QED) is 0.649. The molecule has 0 aromatic carbocycles. The first-order valence-electron chi connectivity index (χ1n) is 6.73. The van der Waals surface area contributed by atoms with Gasteiger partial charge in [0.15, 0.2) is 0 Å². The van der Waals surface area contributed by atoms with Crippen molar-refractivity contribution in [2.24, 2.45) is 0 Å². The van der Waals surface area contributed by atoms with Crippen LogP contribution in [0.5, 0.6) is 5.88 Å². The van der Waals surface area contributed by atoms with Gasteiger partial charge in [-0.05, 0) is 25.5 Å². The lowest BCUT2D eigenvalue weighted by molar-refractivity contribution is 0.0986. The van der Waals surface area contributed by atoms with Crippen LogP contribution in [-0.2, 0) is 11.3 Å². The molecule has 1 rings (SSSR count). The van der Waals surface area contributed by atoms with E-state index in [1.807, 2.05) is 12.1 Å². The van der Waals surface area contributed by atoms with E-state index in [1.54, 1.807) is 6.20 Å². The van der Waals surface area contributed by atoms with Gasteiger partial charge in [0.25, 0.3) is 0 Å². The van der Waals surface area contributed by atoms with Crippen molar-refractivity contribution in [1.29, 1.82) is 0 Å². The van der Waals surface area contributed by atoms with Crippen molar-refractivity contribution in [2.75, 3.05) is 26.4 Å². The Labute approximate surface area is 110 Å². The van der Waals surface area contributed by atoms with Crippen molar-refractivity contribution in [1.82, 2.24) is 10.3 Å². The highest BCUT2D eigenvalue weighted by atomic mass is 16.5. The Morgan fingerprint density at radius 1 is 1.17 bits per heavy atom. The largest absolute Gasteiger partial charge is 0.475 e. The third kappa shape index (κ3) is 5.98. The average Bonchev–Trinajstić information content (AvgIpc) is 2.40. The molecule has 1 aromatic heterocycles. The van der Waals surface area contributed by atoms with E-state index in [-0.39, 0.29) is 0 Å². The minimum Gasteiger partial charge on any atom is -0.475 e. The number of ether oxygens (including phenoxy) is 2. The molecule has 0 unspecified atom stereocenters. The first-order chi connectivity index (χ1) is 8.88. The molecule has 0 aliphatic rings. The van der Waals surface area contributed by atoms with Gasteiger partial charge in [0.1, 0.15) is 6.61 Å². The topological polar surface area (TPSA) is 43.4 Å². The second-order valence-electron chi connectivity index (χ2n) is 4.11. The molecule has 0 saturated carbocycles. The molecular weight excluding hydrogens is 228 g/mol. The van der Waals surface area contributed by atoms with E-state index >= 15 is 0 Å². The van der Waals surface area contributed by atoms with E-state index in [0.717, 1.165) is 38.1 Å². The van der Waals surface area contributed by atoms with Gasteiger partial charge in [-0.15, -0.1) is 0 Å². The molecule has 1 heterocycles. The Morgan fingerprint density at radius 2 is 2.06 bits per heavy atom. The van der Waals surface area contributed by atoms with Crippen LogP contribution < -0.4 is 10.1 Å². The Morgan fingerprint density at radius 3 is 2.83 bits per heavy atom. The zero-order valence-corrected chi connectivity index (χ0v) is 11.4. The van der Waals surface area contributed by atoms with Gasteiger partial charge in [-0.2, -0.15) is 0 Å². The first-order valence-corrected chi connectivity index (χ1v) is 6.73. The summed E-state index contributed by atoms with van der Waals surface area (Å²) < 4.78 is 11.0. The van der Waals surface area contributed by atoms with Crippen LogP contribution >= 0.6 is 0 Å². The third-order valence-corrected chi connectivity index (χ3v) is 2.41. The number of hydrogen-bond acceptors (Lipinski definition) is 4. The molecule has 0 aliphatic carbocycles. The highest BCUT2D eigenvalue weighted by molar-refractivity contribution is 5.25. The minimum atomic E-state index is 0.553. The molecule has 4 nitrogen and oxygen atoms in total. The maximum Gasteiger partial charge on any atom is 0.217 e. The van der Waals surface area contributed by atoms with Crippen LogP contribution in [0.1, 0.15) is 32.3 Å². The lowest BCUT2D eigenvalue weighted by atomic mass is 10.2. The van der Waals surface area contributed by atoms with Crippen molar-refractivity contribution in [3.05, 3.63) is 23.9 Å². The standard InChI is InChI=1S/C14H24N2O2/c1-3-7-15-12-13-6-5-8-16-14(13)18-11-10-17-9-4-2/h5-6,8,15H,3-4,7,9-12H2,1-2H3. The summed E-state index contributed by atoms with van der Waals surface area (Å²) >= 11 is 0. The summed E-state index contributed by atoms with van der Waals surface area (Å²) in [5, 5.41) is 3.35. The fraction of sp³-hybridized carbons (Fsp3) is 0.643. The van der Waals surface area contributed by atoms with E-state index in [4.69, 9.17) is 9.47 Å². The maximum atomic E-state index is 5.64. The second-order valence-corrected chi connectivity index (χ2v) is 4.11. The number of nitrogens with one attached hydrogen (secondary N) is 1. The second kappa shape index (κ2) is 9.85. The lowest BCUT2D eigenvalue weighted by Gasteiger charge is -2.10. The fourth-order valence-corrected chi connectivity index (χ4v) is 1.53. The molecule has 1 N–H and O–H groups in total. The maximum absolute atomic E-state index is 5.64. The van der Waals surface area contributed by atoms with Crippen molar-refractivity contribution >= 4 is 0 Å². The predicted molar refractivity (Wildman–Crippen MR) is 72.8 cm³/mol. The number of hydrogen-bond donors (Lipinski definition) is 1. The van der Waals surface area contributed by atoms with Crippen LogP contribution in [0.2, 0.25) is 0 Å². The Hall–Kier alpha value is -1.13. The highest BCUT2D eigenvalue weighted by Crippen LogP contribution is 2.13. The summed E-state index contributed by atoms with van der Waals surface area (Å²) in [5.41, 5.74) is 1.10. The molecule has 0 spiro atoms. The zero-order chi connectivity index (χ0) is 13.1. The normalized spacial score (nSPS) is 10.6. The van der Waals surface area contributed by atoms with E-state index in [1.165, 1.54) is 0 Å². The molecule has 0 amide bonds. The van der Waals surface area contributed by atoms with Crippen molar-refractivity contribution in [3.8, 4) is 5.88 Å². The summed E-state index contributed by atoms with van der Waals surface area (Å²) in [6.45, 7) is 8.01. The molecule has 0 atom stereocenters. The van der Waals surface area contributed by atoms with Gasteiger partial charge < -0.3 is 14.8 Å². The molecule has 4 heteroatoms. The Balaban J connectivity index is 2.33. The molecule has 0 saturated heterocycles. The highest BCUT2D eigenvalue weighted by Gasteiger charge is 2.03. The smallest absolute Gasteiger partial charge is 0.217 e. The van der Waals surface area contributed by atoms with Crippen LogP contribution in [0.15, 0.2) is 18.3 Å². The monoisotopic (exact) mass is 252 g/mol. The molecule has 0 radical (unpaired) electrons. The lowest BCUT2D eigenvalue weighted by Crippen LogP contribution is -2.16. The van der Waals surface area contributed by atoms with E-state index < -0.39 is 0 Å². The van der Waals surface area contributed by atoms with E-state index in [9.17, 15) is 0 Å². The Bertz CT molecular complexity index is 318. The first kappa shape index (κ1) is 14.9. The summed E-state index contributed by atoms with van der Waals surface area (Å²) in [6.07, 6.45) is 3.92. The molecule has 1 aromatic rings. The van der Waals surface area contributed by atoms with Gasteiger partial charge >= 0.3 is 0 Å². The van der Waals surface area contributed by atoms with Crippen LogP contribution in [0.25, 0.3) is 0 Å². The van der Waals surface area contributed by atoms with Gasteiger partial charge in [-0.3, -0.25) is 0 Å². The molecule has 18 heavy (non-hydrogen) atoms. The number of pyridine rings is 1. The molecule has 0 bridgehead atoms. The van der Waals surface area contributed by atoms with E-state index in [0.29, 0.717) is 19.1 Å². The van der Waals surface area contributed by atoms with Crippen molar-refractivity contribution < 1.29 is 9.47 Å². The number of aromatic nitrogens is 1. The minimum absolute atomic E-state index is 0.553. The van der Waals surface area contributed by atoms with Gasteiger partial charge in [-0.1, -0.05) is 19.9 Å². The molecular formula is C14H24N2O2. The summed E-state index contributed by atoms with van der Waals surface area (Å²) in [7, 11) is 0. The van der Waals surface area contributed by atoms with Crippen LogP contribution in [0.3, 0.4) is 0 Å². The SMILES string of the molecule is CCCNCc1cccnc1OCCOCCC. The van der Waals surface area contributed by atoms with Gasteiger partial charge in [0.2, 0.25) is 5.88 Å². The molecule has 0 aliphatic heterocycles. The zero-order valence-electron chi connectivity index (χ0n) is 11.4. The average molecular weight is 252 g/mol. The predicted octanol–water partition coefficient (Wildman–Crippen LogP) is 2.39. The summed E-state index contributed by atoms with van der Waals surface area (Å²) in [5.74, 6) is 0.709. The fourth-order valence-electron chi connectivity index (χ4n) is 1.53. The van der Waals surface area contributed by atoms with Crippen molar-refractivity contribution in [3.63, 3.8) is 0 Å². The Kier molecular flexibility index (Phi) is 8.17. The number of nitrogens with zero attached hydrogens (tertiary/aromatic N) is 1. The van der Waals surface area contributed by atoms with Gasteiger partial charge in [-0.25, -0.2) is 4.98 Å². The van der Waals surface area contributed by atoms with E-state index in [2.05, 4.69) is 24.1 Å². The van der Waals surface area contributed by atoms with Crippen molar-refractivity contribution in [2.45, 2.75) is 33.2 Å². The van der Waals surface area contributed by atoms with Crippen LogP contribution in [-0.4, -0.2) is 31.3 Å². The van der Waals surface area contributed by atoms with Crippen LogP contribution in [0.4, 0.5) is 0 Å². The molecule has 102 valence electrons. The summed E-state index contributed by atoms with van der Waals surface area (Å²) in [6, 6.07) is 3.97. The number of rotatable bonds is 10. The summed E-state index contributed by atoms with van der Waals surface area (Å²) in [4.78, 5) is 4.26. The van der Waals surface area contributed by atoms with Gasteiger partial charge in [0, 0.05) is 24.9 Å². The van der Waals surface area contributed by atoms with Crippen LogP contribution in [0, 0.1) is 0 Å². The third-order valence-electron chi connectivity index (χ3n) is 2.41. The van der Waals surface area contributed by atoms with Gasteiger partial charge in [0.05, 0.1) is 6.61 Å². The molecule has 0 fully saturated rings.